The van der Waals surface area contributed by atoms with Crippen LogP contribution in [0.25, 0.3) is 0 Å². The fourth-order valence-corrected chi connectivity index (χ4v) is 6.43. The zero-order valence-electron chi connectivity index (χ0n) is 12.7. The first-order valence-electron chi connectivity index (χ1n) is 8.18. The van der Waals surface area contributed by atoms with E-state index < -0.39 is 5.79 Å². The number of ether oxygens (including phenoxy) is 3. The Bertz CT molecular complexity index is 627. The van der Waals surface area contributed by atoms with Crippen LogP contribution in [-0.4, -0.2) is 29.9 Å². The molecule has 118 valence electrons. The Morgan fingerprint density at radius 2 is 2.14 bits per heavy atom. The first-order chi connectivity index (χ1) is 10.4. The average Bonchev–Trinajstić information content (AvgIpc) is 2.94. The van der Waals surface area contributed by atoms with E-state index in [1.807, 2.05) is 0 Å². The van der Waals surface area contributed by atoms with E-state index in [0.29, 0.717) is 24.5 Å². The monoisotopic (exact) mass is 304 g/mol. The molecule has 5 rings (SSSR count). The van der Waals surface area contributed by atoms with Crippen LogP contribution in [0.5, 0.6) is 0 Å². The molecule has 5 aliphatic rings. The van der Waals surface area contributed by atoms with Gasteiger partial charge in [-0.25, -0.2) is 4.79 Å². The van der Waals surface area contributed by atoms with Crippen LogP contribution in [0.3, 0.4) is 0 Å². The van der Waals surface area contributed by atoms with Crippen molar-refractivity contribution in [2.45, 2.75) is 50.4 Å². The van der Waals surface area contributed by atoms with Gasteiger partial charge in [-0.05, 0) is 38.5 Å². The molecule has 1 saturated heterocycles. The smallest absolute Gasteiger partial charge is 0.333 e. The van der Waals surface area contributed by atoms with E-state index in [0.717, 1.165) is 25.7 Å². The second-order valence-electron chi connectivity index (χ2n) is 7.82. The Labute approximate surface area is 129 Å². The van der Waals surface area contributed by atoms with Crippen molar-refractivity contribution in [2.24, 2.45) is 23.2 Å². The molecule has 1 heterocycles. The van der Waals surface area contributed by atoms with Crippen LogP contribution in [-0.2, 0) is 23.8 Å². The van der Waals surface area contributed by atoms with E-state index in [2.05, 4.69) is 6.58 Å². The van der Waals surface area contributed by atoms with Crippen LogP contribution >= 0.6 is 0 Å². The number of fused-ring (bicyclic) bond motifs is 3. The Hall–Kier alpha value is -1.36. The average molecular weight is 304 g/mol. The summed E-state index contributed by atoms with van der Waals surface area (Å²) in [5, 5.41) is 0. The summed E-state index contributed by atoms with van der Waals surface area (Å²) < 4.78 is 17.6. The van der Waals surface area contributed by atoms with Crippen molar-refractivity contribution in [1.29, 1.82) is 0 Å². The minimum atomic E-state index is -0.719. The SMILES string of the molecule is C=C(C)C(=O)OC12CC3CC4C5(OCCC(=O)O5)C(C1)C42C3. The lowest BCUT2D eigenvalue weighted by Gasteiger charge is -2.77. The fraction of sp³-hybridized carbons (Fsp3) is 0.765. The van der Waals surface area contributed by atoms with Gasteiger partial charge in [-0.3, -0.25) is 4.79 Å². The van der Waals surface area contributed by atoms with Crippen molar-refractivity contribution < 1.29 is 23.8 Å². The molecule has 0 aromatic carbocycles. The molecule has 2 spiro atoms. The molecule has 5 heteroatoms. The summed E-state index contributed by atoms with van der Waals surface area (Å²) in [5.41, 5.74) is 0.0723. The van der Waals surface area contributed by atoms with Gasteiger partial charge in [-0.2, -0.15) is 0 Å². The van der Waals surface area contributed by atoms with Crippen molar-refractivity contribution in [1.82, 2.24) is 0 Å². The molecule has 1 aliphatic heterocycles. The first kappa shape index (κ1) is 13.1. The molecular weight excluding hydrogens is 284 g/mol. The standard InChI is InChI=1S/C17H20O5/c1-9(2)14(19)22-15-6-10-5-11-16(15,7-10)12(8-15)17(11)20-4-3-13(18)21-17/h10-12H,1,3-8H2,2H3. The lowest BCUT2D eigenvalue weighted by Crippen LogP contribution is -2.85. The maximum Gasteiger partial charge on any atom is 0.333 e. The molecule has 5 fully saturated rings. The third kappa shape index (κ3) is 1.13. The first-order valence-corrected chi connectivity index (χ1v) is 8.18. The fourth-order valence-electron chi connectivity index (χ4n) is 6.43. The zero-order valence-corrected chi connectivity index (χ0v) is 12.7. The van der Waals surface area contributed by atoms with Crippen LogP contribution in [0.15, 0.2) is 12.2 Å². The molecule has 22 heavy (non-hydrogen) atoms. The van der Waals surface area contributed by atoms with E-state index in [-0.39, 0.29) is 34.8 Å². The van der Waals surface area contributed by atoms with Gasteiger partial charge in [0.1, 0.15) is 5.60 Å². The summed E-state index contributed by atoms with van der Waals surface area (Å²) in [6, 6.07) is 0. The molecule has 6 atom stereocenters. The van der Waals surface area contributed by atoms with E-state index in [1.54, 1.807) is 6.92 Å². The van der Waals surface area contributed by atoms with Gasteiger partial charge in [0.05, 0.1) is 13.0 Å². The van der Waals surface area contributed by atoms with Gasteiger partial charge >= 0.3 is 11.9 Å². The molecule has 0 aromatic heterocycles. The maximum absolute atomic E-state index is 12.1. The molecule has 0 aromatic rings. The Balaban J connectivity index is 1.48. The number of carbonyl (C=O) groups excluding carboxylic acids is 2. The topological polar surface area (TPSA) is 61.8 Å². The van der Waals surface area contributed by atoms with Crippen LogP contribution in [0.4, 0.5) is 0 Å². The number of hydrogen-bond acceptors (Lipinski definition) is 5. The van der Waals surface area contributed by atoms with Gasteiger partial charge in [0.15, 0.2) is 0 Å². The number of carbonyl (C=O) groups is 2. The molecule has 6 unspecified atom stereocenters. The van der Waals surface area contributed by atoms with E-state index in [1.165, 1.54) is 0 Å². The van der Waals surface area contributed by atoms with Gasteiger partial charge in [0.2, 0.25) is 5.79 Å². The second-order valence-corrected chi connectivity index (χ2v) is 7.82. The highest BCUT2D eigenvalue weighted by atomic mass is 16.7. The van der Waals surface area contributed by atoms with Crippen molar-refractivity contribution in [3.8, 4) is 0 Å². The lowest BCUT2D eigenvalue weighted by molar-refractivity contribution is -0.460. The minimum Gasteiger partial charge on any atom is -0.455 e. The summed E-state index contributed by atoms with van der Waals surface area (Å²) in [6.45, 7) is 5.83. The van der Waals surface area contributed by atoms with Gasteiger partial charge < -0.3 is 14.2 Å². The lowest BCUT2D eigenvalue weighted by atomic mass is 9.33. The van der Waals surface area contributed by atoms with Gasteiger partial charge in [0.25, 0.3) is 0 Å². The summed E-state index contributed by atoms with van der Waals surface area (Å²) in [7, 11) is 0. The van der Waals surface area contributed by atoms with Crippen LogP contribution < -0.4 is 0 Å². The summed E-state index contributed by atoms with van der Waals surface area (Å²) in [5.74, 6) is -0.221. The van der Waals surface area contributed by atoms with E-state index in [4.69, 9.17) is 14.2 Å². The summed E-state index contributed by atoms with van der Waals surface area (Å²) >= 11 is 0. The van der Waals surface area contributed by atoms with E-state index in [9.17, 15) is 9.59 Å². The highest BCUT2D eigenvalue weighted by Crippen LogP contribution is 2.87. The molecule has 0 radical (unpaired) electrons. The second kappa shape index (κ2) is 3.58. The predicted octanol–water partition coefficient (Wildman–Crippen LogP) is 1.95. The molecule has 0 N–H and O–H groups in total. The number of hydrogen-bond donors (Lipinski definition) is 0. The molecule has 4 saturated carbocycles. The quantitative estimate of drug-likeness (QED) is 0.576. The molecule has 5 nitrogen and oxygen atoms in total. The number of rotatable bonds is 2. The van der Waals surface area contributed by atoms with Gasteiger partial charge in [-0.15, -0.1) is 0 Å². The normalized spacial score (nSPS) is 53.3. The third-order valence-corrected chi connectivity index (χ3v) is 6.95. The van der Waals surface area contributed by atoms with Crippen LogP contribution in [0, 0.1) is 23.2 Å². The van der Waals surface area contributed by atoms with Gasteiger partial charge in [0, 0.05) is 22.8 Å². The Kier molecular flexibility index (Phi) is 2.14. The van der Waals surface area contributed by atoms with Crippen LogP contribution in [0.2, 0.25) is 0 Å². The highest BCUT2D eigenvalue weighted by molar-refractivity contribution is 5.87. The third-order valence-electron chi connectivity index (χ3n) is 6.95. The van der Waals surface area contributed by atoms with Crippen molar-refractivity contribution in [3.63, 3.8) is 0 Å². The Morgan fingerprint density at radius 1 is 1.32 bits per heavy atom. The van der Waals surface area contributed by atoms with Crippen molar-refractivity contribution in [2.75, 3.05) is 6.61 Å². The Morgan fingerprint density at radius 3 is 2.86 bits per heavy atom. The molecule has 2 bridgehead atoms. The summed E-state index contributed by atoms with van der Waals surface area (Å²) in [4.78, 5) is 23.8. The minimum absolute atomic E-state index is 0.0135. The maximum atomic E-state index is 12.1. The van der Waals surface area contributed by atoms with Crippen molar-refractivity contribution >= 4 is 11.9 Å². The zero-order chi connectivity index (χ0) is 15.3. The van der Waals surface area contributed by atoms with E-state index >= 15 is 0 Å². The number of esters is 2. The van der Waals surface area contributed by atoms with Crippen LogP contribution in [0.1, 0.15) is 39.0 Å². The largest absolute Gasteiger partial charge is 0.455 e. The van der Waals surface area contributed by atoms with Gasteiger partial charge in [-0.1, -0.05) is 6.58 Å². The predicted molar refractivity (Wildman–Crippen MR) is 74.4 cm³/mol. The van der Waals surface area contributed by atoms with Crippen molar-refractivity contribution in [3.05, 3.63) is 12.2 Å². The molecule has 0 amide bonds. The summed E-state index contributed by atoms with van der Waals surface area (Å²) in [6.07, 6.45) is 4.15. The molecule has 4 aliphatic carbocycles. The molecular formula is C17H20O5. The highest BCUT2D eigenvalue weighted by Gasteiger charge is 2.93.